The Morgan fingerprint density at radius 1 is 0.793 bits per heavy atom. The molecule has 0 aromatic heterocycles. The number of carbonyl (C=O) groups excluding carboxylic acids is 1. The quantitative estimate of drug-likeness (QED) is 0.552. The predicted octanol–water partition coefficient (Wildman–Crippen LogP) is 5.93. The number of amides is 1. The van der Waals surface area contributed by atoms with Crippen molar-refractivity contribution in [1.29, 1.82) is 0 Å². The van der Waals surface area contributed by atoms with Crippen LogP contribution in [0.2, 0.25) is 0 Å². The van der Waals surface area contributed by atoms with Crippen LogP contribution in [0.15, 0.2) is 91.0 Å². The van der Waals surface area contributed by atoms with Gasteiger partial charge < -0.3 is 4.90 Å². The van der Waals surface area contributed by atoms with Gasteiger partial charge in [0, 0.05) is 5.92 Å². The molecule has 2 aliphatic rings. The first kappa shape index (κ1) is 17.9. The van der Waals surface area contributed by atoms with E-state index in [2.05, 4.69) is 104 Å². The van der Waals surface area contributed by atoms with E-state index in [-0.39, 0.29) is 23.8 Å². The number of carbonyl (C=O) groups is 1. The zero-order chi connectivity index (χ0) is 20.0. The molecule has 2 heteroatoms. The summed E-state index contributed by atoms with van der Waals surface area (Å²) in [6, 6.07) is 29.4. The van der Waals surface area contributed by atoms with Crippen molar-refractivity contribution in [2.75, 3.05) is 0 Å². The van der Waals surface area contributed by atoms with Gasteiger partial charge in [0.05, 0.1) is 17.5 Å². The fourth-order valence-corrected chi connectivity index (χ4v) is 5.16. The average Bonchev–Trinajstić information content (AvgIpc) is 3.08. The van der Waals surface area contributed by atoms with Crippen LogP contribution in [-0.4, -0.2) is 10.8 Å². The summed E-state index contributed by atoms with van der Waals surface area (Å²) in [5.41, 5.74) is 4.43. The van der Waals surface area contributed by atoms with Crippen molar-refractivity contribution >= 4 is 12.0 Å². The number of hydrogen-bond donors (Lipinski definition) is 0. The van der Waals surface area contributed by atoms with Crippen molar-refractivity contribution in [3.05, 3.63) is 113 Å². The van der Waals surface area contributed by atoms with Crippen LogP contribution >= 0.6 is 0 Å². The summed E-state index contributed by atoms with van der Waals surface area (Å²) in [5.74, 6) is 0.204. The molecule has 1 aliphatic carbocycles. The SMILES string of the molecule is CC(C)(c1ccccc1)N1C(=O)[C@H]2C=Cc3ccccc3[C@H]2[C@@H]1c1ccccc1. The van der Waals surface area contributed by atoms with E-state index in [0.29, 0.717) is 0 Å². The molecule has 0 radical (unpaired) electrons. The highest BCUT2D eigenvalue weighted by Crippen LogP contribution is 2.55. The molecule has 3 atom stereocenters. The molecule has 1 fully saturated rings. The average molecular weight is 380 g/mol. The Balaban J connectivity index is 1.71. The highest BCUT2D eigenvalue weighted by Gasteiger charge is 2.54. The maximum Gasteiger partial charge on any atom is 0.231 e. The molecule has 2 nitrogen and oxygen atoms in total. The van der Waals surface area contributed by atoms with E-state index in [0.717, 1.165) is 5.56 Å². The van der Waals surface area contributed by atoms with Crippen molar-refractivity contribution in [2.45, 2.75) is 31.3 Å². The zero-order valence-electron chi connectivity index (χ0n) is 16.8. The Labute approximate surface area is 172 Å². The topological polar surface area (TPSA) is 20.3 Å². The second-order valence-corrected chi connectivity index (χ2v) is 8.53. The summed E-state index contributed by atoms with van der Waals surface area (Å²) in [4.78, 5) is 16.0. The largest absolute Gasteiger partial charge is 0.325 e. The number of hydrogen-bond acceptors (Lipinski definition) is 1. The summed E-state index contributed by atoms with van der Waals surface area (Å²) < 4.78 is 0. The minimum absolute atomic E-state index is 0.00462. The molecule has 3 aromatic rings. The second kappa shape index (κ2) is 6.73. The Kier molecular flexibility index (Phi) is 4.16. The van der Waals surface area contributed by atoms with E-state index in [1.165, 1.54) is 16.7 Å². The molecule has 0 bridgehead atoms. The number of fused-ring (bicyclic) bond motifs is 3. The van der Waals surface area contributed by atoms with Gasteiger partial charge in [-0.2, -0.15) is 0 Å². The van der Waals surface area contributed by atoms with Crippen LogP contribution in [0.1, 0.15) is 48.1 Å². The summed E-state index contributed by atoms with van der Waals surface area (Å²) in [7, 11) is 0. The van der Waals surface area contributed by atoms with Crippen molar-refractivity contribution in [3.8, 4) is 0 Å². The number of nitrogens with zero attached hydrogens (tertiary/aromatic N) is 1. The third-order valence-electron chi connectivity index (χ3n) is 6.59. The molecule has 1 saturated heterocycles. The van der Waals surface area contributed by atoms with E-state index in [4.69, 9.17) is 0 Å². The van der Waals surface area contributed by atoms with Crippen LogP contribution < -0.4 is 0 Å². The molecule has 29 heavy (non-hydrogen) atoms. The van der Waals surface area contributed by atoms with Gasteiger partial charge >= 0.3 is 0 Å². The Morgan fingerprint density at radius 3 is 2.14 bits per heavy atom. The summed E-state index contributed by atoms with van der Waals surface area (Å²) in [5, 5.41) is 0. The van der Waals surface area contributed by atoms with Crippen LogP contribution in [0.25, 0.3) is 6.08 Å². The van der Waals surface area contributed by atoms with E-state index >= 15 is 0 Å². The molecule has 0 saturated carbocycles. The molecular weight excluding hydrogens is 354 g/mol. The van der Waals surface area contributed by atoms with Gasteiger partial charge in [-0.3, -0.25) is 4.79 Å². The smallest absolute Gasteiger partial charge is 0.231 e. The highest BCUT2D eigenvalue weighted by molar-refractivity contribution is 5.89. The molecule has 3 aromatic carbocycles. The van der Waals surface area contributed by atoms with Crippen molar-refractivity contribution in [1.82, 2.24) is 4.90 Å². The summed E-state index contributed by atoms with van der Waals surface area (Å²) >= 11 is 0. The number of benzene rings is 3. The zero-order valence-corrected chi connectivity index (χ0v) is 16.8. The van der Waals surface area contributed by atoms with Gasteiger partial charge in [0.1, 0.15) is 0 Å². The number of likely N-dealkylation sites (tertiary alicyclic amines) is 1. The molecule has 0 unspecified atom stereocenters. The van der Waals surface area contributed by atoms with Crippen molar-refractivity contribution in [3.63, 3.8) is 0 Å². The fourth-order valence-electron chi connectivity index (χ4n) is 5.16. The van der Waals surface area contributed by atoms with E-state index < -0.39 is 5.54 Å². The third-order valence-corrected chi connectivity index (χ3v) is 6.59. The fraction of sp³-hybridized carbons (Fsp3) is 0.222. The lowest BCUT2D eigenvalue weighted by atomic mass is 9.76. The molecule has 0 spiro atoms. The van der Waals surface area contributed by atoms with Crippen LogP contribution in [0.3, 0.4) is 0 Å². The minimum Gasteiger partial charge on any atom is -0.325 e. The third kappa shape index (κ3) is 2.74. The maximum atomic E-state index is 13.8. The first-order valence-electron chi connectivity index (χ1n) is 10.3. The normalized spacial score (nSPS) is 23.0. The van der Waals surface area contributed by atoms with Crippen LogP contribution in [0, 0.1) is 5.92 Å². The first-order chi connectivity index (χ1) is 14.1. The summed E-state index contributed by atoms with van der Waals surface area (Å²) in [6.45, 7) is 4.34. The lowest BCUT2D eigenvalue weighted by Crippen LogP contribution is -2.44. The first-order valence-corrected chi connectivity index (χ1v) is 10.3. The summed E-state index contributed by atoms with van der Waals surface area (Å²) in [6.07, 6.45) is 4.24. The predicted molar refractivity (Wildman–Crippen MR) is 117 cm³/mol. The van der Waals surface area contributed by atoms with Gasteiger partial charge in [-0.05, 0) is 36.1 Å². The van der Waals surface area contributed by atoms with Crippen LogP contribution in [-0.2, 0) is 10.3 Å². The van der Waals surface area contributed by atoms with Crippen molar-refractivity contribution < 1.29 is 4.79 Å². The van der Waals surface area contributed by atoms with Gasteiger partial charge in [-0.1, -0.05) is 97.1 Å². The highest BCUT2D eigenvalue weighted by atomic mass is 16.2. The lowest BCUT2D eigenvalue weighted by Gasteiger charge is -2.42. The molecule has 5 rings (SSSR count). The molecule has 144 valence electrons. The Bertz CT molecular complexity index is 1070. The van der Waals surface area contributed by atoms with E-state index in [1.807, 2.05) is 12.1 Å². The monoisotopic (exact) mass is 379 g/mol. The molecule has 1 heterocycles. The number of rotatable bonds is 3. The molecule has 0 N–H and O–H groups in total. The molecular formula is C27H25NO. The van der Waals surface area contributed by atoms with Crippen molar-refractivity contribution in [2.24, 2.45) is 5.92 Å². The standard InChI is InChI=1S/C27H25NO/c1-27(2,21-14-7-4-8-15-21)28-25(20-12-5-3-6-13-20)24-22-16-10-9-11-19(22)17-18-23(24)26(28)29/h3-18,23-25H,1-2H3/t23-,24+,25-/m0/s1. The van der Waals surface area contributed by atoms with Crippen LogP contribution in [0.5, 0.6) is 0 Å². The van der Waals surface area contributed by atoms with Gasteiger partial charge in [0.15, 0.2) is 0 Å². The van der Waals surface area contributed by atoms with Gasteiger partial charge in [-0.25, -0.2) is 0 Å². The lowest BCUT2D eigenvalue weighted by molar-refractivity contribution is -0.136. The maximum absolute atomic E-state index is 13.8. The van der Waals surface area contributed by atoms with Crippen LogP contribution in [0.4, 0.5) is 0 Å². The van der Waals surface area contributed by atoms with Gasteiger partial charge in [0.25, 0.3) is 0 Å². The van der Waals surface area contributed by atoms with E-state index in [1.54, 1.807) is 0 Å². The Morgan fingerprint density at radius 2 is 1.41 bits per heavy atom. The Hall–Kier alpha value is -3.13. The molecule has 1 aliphatic heterocycles. The molecule has 1 amide bonds. The minimum atomic E-state index is -0.418. The second-order valence-electron chi connectivity index (χ2n) is 8.53. The van der Waals surface area contributed by atoms with E-state index in [9.17, 15) is 4.79 Å². The van der Waals surface area contributed by atoms with Gasteiger partial charge in [0.2, 0.25) is 5.91 Å². The van der Waals surface area contributed by atoms with Gasteiger partial charge in [-0.15, -0.1) is 0 Å².